The van der Waals surface area contributed by atoms with Crippen molar-refractivity contribution in [1.82, 2.24) is 19.9 Å². The van der Waals surface area contributed by atoms with E-state index in [0.717, 1.165) is 35.8 Å². The zero-order valence-corrected chi connectivity index (χ0v) is 12.9. The predicted molar refractivity (Wildman–Crippen MR) is 81.5 cm³/mol. The normalized spacial score (nSPS) is 22.1. The van der Waals surface area contributed by atoms with E-state index < -0.39 is 6.09 Å². The lowest BCUT2D eigenvalue weighted by molar-refractivity contribution is 0.184. The molecule has 1 amide bonds. The van der Waals surface area contributed by atoms with E-state index in [-0.39, 0.29) is 12.1 Å². The summed E-state index contributed by atoms with van der Waals surface area (Å²) in [5.74, 6) is 0.503. The van der Waals surface area contributed by atoms with Crippen LogP contribution in [-0.2, 0) is 0 Å². The molecule has 3 N–H and O–H groups in total. The number of nitrogens with zero attached hydrogens (tertiary/aromatic N) is 3. The highest BCUT2D eigenvalue weighted by Gasteiger charge is 2.27. The molecular formula is C13H16BrN5O2. The molecule has 1 fully saturated rings. The summed E-state index contributed by atoms with van der Waals surface area (Å²) in [5.41, 5.74) is 0.899. The zero-order valence-electron chi connectivity index (χ0n) is 11.3. The molecule has 1 aliphatic rings. The third kappa shape index (κ3) is 3.10. The van der Waals surface area contributed by atoms with Gasteiger partial charge < -0.3 is 15.7 Å². The van der Waals surface area contributed by atoms with Crippen LogP contribution in [0.5, 0.6) is 0 Å². The van der Waals surface area contributed by atoms with Crippen LogP contribution >= 0.6 is 15.9 Å². The Balaban J connectivity index is 1.78. The first kappa shape index (κ1) is 14.1. The van der Waals surface area contributed by atoms with Gasteiger partial charge in [0.15, 0.2) is 0 Å². The second kappa shape index (κ2) is 5.88. The molecule has 21 heavy (non-hydrogen) atoms. The van der Waals surface area contributed by atoms with Crippen molar-refractivity contribution < 1.29 is 9.90 Å². The molecule has 0 saturated heterocycles. The lowest BCUT2D eigenvalue weighted by Gasteiger charge is -2.31. The van der Waals surface area contributed by atoms with Crippen LogP contribution in [0.2, 0.25) is 0 Å². The van der Waals surface area contributed by atoms with Gasteiger partial charge in [-0.2, -0.15) is 0 Å². The van der Waals surface area contributed by atoms with Crippen molar-refractivity contribution in [2.75, 3.05) is 5.32 Å². The standard InChI is InChI=1S/C13H16BrN5O2/c14-11-6-5-8-7-15-12(18-19(8)11)16-9-3-1-2-4-10(9)17-13(20)21/h5-7,9-10,17H,1-4H2,(H,16,18)(H,20,21)/t9-,10+/m1/s1. The first-order valence-electron chi connectivity index (χ1n) is 6.90. The molecular weight excluding hydrogens is 338 g/mol. The minimum atomic E-state index is -0.988. The van der Waals surface area contributed by atoms with E-state index in [4.69, 9.17) is 5.11 Å². The molecule has 0 spiro atoms. The van der Waals surface area contributed by atoms with Gasteiger partial charge in [-0.1, -0.05) is 12.8 Å². The van der Waals surface area contributed by atoms with Crippen molar-refractivity contribution >= 4 is 33.5 Å². The van der Waals surface area contributed by atoms with Crippen LogP contribution in [0.3, 0.4) is 0 Å². The monoisotopic (exact) mass is 353 g/mol. The summed E-state index contributed by atoms with van der Waals surface area (Å²) >= 11 is 3.43. The summed E-state index contributed by atoms with van der Waals surface area (Å²) in [4.78, 5) is 15.2. The van der Waals surface area contributed by atoms with E-state index in [9.17, 15) is 4.79 Å². The molecule has 2 atom stereocenters. The highest BCUT2D eigenvalue weighted by atomic mass is 79.9. The molecule has 2 aromatic rings. The molecule has 0 aliphatic heterocycles. The van der Waals surface area contributed by atoms with Crippen molar-refractivity contribution in [2.24, 2.45) is 0 Å². The molecule has 2 aromatic heterocycles. The van der Waals surface area contributed by atoms with E-state index >= 15 is 0 Å². The molecule has 2 heterocycles. The summed E-state index contributed by atoms with van der Waals surface area (Å²) in [6.45, 7) is 0. The average Bonchev–Trinajstić information content (AvgIpc) is 2.82. The Bertz CT molecular complexity index is 659. The van der Waals surface area contributed by atoms with E-state index in [0.29, 0.717) is 5.95 Å². The van der Waals surface area contributed by atoms with Crippen LogP contribution in [0.25, 0.3) is 5.52 Å². The molecule has 3 rings (SSSR count). The number of anilines is 1. The van der Waals surface area contributed by atoms with E-state index in [1.165, 1.54) is 0 Å². The number of nitrogens with one attached hydrogen (secondary N) is 2. The third-order valence-electron chi connectivity index (χ3n) is 3.74. The van der Waals surface area contributed by atoms with Gasteiger partial charge in [0.1, 0.15) is 4.60 Å². The fourth-order valence-electron chi connectivity index (χ4n) is 2.74. The van der Waals surface area contributed by atoms with Crippen LogP contribution in [-0.4, -0.2) is 37.9 Å². The molecule has 0 bridgehead atoms. The third-order valence-corrected chi connectivity index (χ3v) is 4.34. The van der Waals surface area contributed by atoms with Crippen LogP contribution in [0.15, 0.2) is 22.9 Å². The molecule has 0 unspecified atom stereocenters. The largest absolute Gasteiger partial charge is 0.465 e. The van der Waals surface area contributed by atoms with Crippen molar-refractivity contribution in [1.29, 1.82) is 0 Å². The molecule has 112 valence electrons. The Labute approximate surface area is 129 Å². The number of aromatic nitrogens is 3. The average molecular weight is 354 g/mol. The van der Waals surface area contributed by atoms with E-state index in [1.807, 2.05) is 12.1 Å². The lowest BCUT2D eigenvalue weighted by atomic mass is 9.90. The molecule has 1 aliphatic carbocycles. The summed E-state index contributed by atoms with van der Waals surface area (Å²) in [6, 6.07) is 3.73. The minimum absolute atomic E-state index is 0.0154. The number of hydrogen-bond donors (Lipinski definition) is 3. The molecule has 7 nitrogen and oxygen atoms in total. The molecule has 0 aromatic carbocycles. The van der Waals surface area contributed by atoms with Crippen LogP contribution in [0.1, 0.15) is 25.7 Å². The van der Waals surface area contributed by atoms with Gasteiger partial charge in [0.2, 0.25) is 5.95 Å². The Morgan fingerprint density at radius 3 is 2.86 bits per heavy atom. The van der Waals surface area contributed by atoms with Crippen molar-refractivity contribution in [3.05, 3.63) is 22.9 Å². The number of carbonyl (C=O) groups is 1. The highest BCUT2D eigenvalue weighted by molar-refractivity contribution is 9.10. The maximum Gasteiger partial charge on any atom is 0.404 e. The summed E-state index contributed by atoms with van der Waals surface area (Å²) < 4.78 is 2.60. The summed E-state index contributed by atoms with van der Waals surface area (Å²) in [7, 11) is 0. The van der Waals surface area contributed by atoms with E-state index in [2.05, 4.69) is 36.6 Å². The SMILES string of the molecule is O=C(O)N[C@H]1CCCC[C@H]1Nc1ncc2ccc(Br)n2n1. The van der Waals surface area contributed by atoms with Gasteiger partial charge in [0.05, 0.1) is 17.8 Å². The number of carboxylic acid groups (broad SMARTS) is 1. The Morgan fingerprint density at radius 2 is 2.10 bits per heavy atom. The Morgan fingerprint density at radius 1 is 1.33 bits per heavy atom. The molecule has 8 heteroatoms. The highest BCUT2D eigenvalue weighted by Crippen LogP contribution is 2.22. The van der Waals surface area contributed by atoms with Crippen LogP contribution in [0, 0.1) is 0 Å². The predicted octanol–water partition coefficient (Wildman–Crippen LogP) is 2.48. The number of amides is 1. The van der Waals surface area contributed by atoms with Crippen molar-refractivity contribution in [3.8, 4) is 0 Å². The Hall–Kier alpha value is -1.83. The smallest absolute Gasteiger partial charge is 0.404 e. The van der Waals surface area contributed by atoms with Crippen LogP contribution < -0.4 is 10.6 Å². The first-order valence-corrected chi connectivity index (χ1v) is 7.69. The minimum Gasteiger partial charge on any atom is -0.465 e. The van der Waals surface area contributed by atoms with Crippen molar-refractivity contribution in [3.63, 3.8) is 0 Å². The topological polar surface area (TPSA) is 91.5 Å². The van der Waals surface area contributed by atoms with Crippen molar-refractivity contribution in [2.45, 2.75) is 37.8 Å². The fourth-order valence-corrected chi connectivity index (χ4v) is 3.15. The maximum absolute atomic E-state index is 10.9. The number of rotatable bonds is 3. The fraction of sp³-hybridized carbons (Fsp3) is 0.462. The summed E-state index contributed by atoms with van der Waals surface area (Å²) in [5, 5.41) is 19.2. The van der Waals surface area contributed by atoms with Gasteiger partial charge in [-0.3, -0.25) is 0 Å². The van der Waals surface area contributed by atoms with Crippen LogP contribution in [0.4, 0.5) is 10.7 Å². The van der Waals surface area contributed by atoms with Gasteiger partial charge in [-0.15, -0.1) is 5.10 Å². The Kier molecular flexibility index (Phi) is 3.96. The second-order valence-electron chi connectivity index (χ2n) is 5.17. The van der Waals surface area contributed by atoms with Gasteiger partial charge in [0.25, 0.3) is 0 Å². The number of halogens is 1. The first-order chi connectivity index (χ1) is 10.1. The zero-order chi connectivity index (χ0) is 14.8. The molecule has 1 saturated carbocycles. The summed E-state index contributed by atoms with van der Waals surface area (Å²) in [6.07, 6.45) is 4.59. The van der Waals surface area contributed by atoms with E-state index in [1.54, 1.807) is 10.7 Å². The quantitative estimate of drug-likeness (QED) is 0.788. The van der Waals surface area contributed by atoms with Gasteiger partial charge in [0, 0.05) is 6.04 Å². The number of hydrogen-bond acceptors (Lipinski definition) is 4. The molecule has 0 radical (unpaired) electrons. The van der Waals surface area contributed by atoms with Gasteiger partial charge in [-0.05, 0) is 40.9 Å². The van der Waals surface area contributed by atoms with Gasteiger partial charge >= 0.3 is 6.09 Å². The maximum atomic E-state index is 10.9. The lowest BCUT2D eigenvalue weighted by Crippen LogP contribution is -2.48. The number of fused-ring (bicyclic) bond motifs is 1. The second-order valence-corrected chi connectivity index (χ2v) is 5.98. The van der Waals surface area contributed by atoms with Gasteiger partial charge in [-0.25, -0.2) is 14.3 Å².